The van der Waals surface area contributed by atoms with Crippen molar-refractivity contribution in [2.75, 3.05) is 19.7 Å². The van der Waals surface area contributed by atoms with Crippen LogP contribution in [0.2, 0.25) is 0 Å². The summed E-state index contributed by atoms with van der Waals surface area (Å²) in [5.41, 5.74) is 1.04. The molecule has 0 aromatic heterocycles. The molecule has 0 unspecified atom stereocenters. The Morgan fingerprint density at radius 3 is 2.57 bits per heavy atom. The zero-order valence-corrected chi connectivity index (χ0v) is 8.52. The van der Waals surface area contributed by atoms with Crippen molar-refractivity contribution < 1.29 is 9.13 Å². The molecule has 0 aliphatic carbocycles. The zero-order valence-electron chi connectivity index (χ0n) is 7.70. The van der Waals surface area contributed by atoms with Gasteiger partial charge in [0.15, 0.2) is 0 Å². The second-order valence-corrected chi connectivity index (χ2v) is 3.12. The molecular weight excluding hydrogens is 205 g/mol. The van der Waals surface area contributed by atoms with Crippen molar-refractivity contribution in [3.63, 3.8) is 0 Å². The summed E-state index contributed by atoms with van der Waals surface area (Å²) in [4.78, 5) is 0. The topological polar surface area (TPSA) is 21.3 Å². The first-order chi connectivity index (χ1) is 6.36. The van der Waals surface area contributed by atoms with Crippen molar-refractivity contribution in [2.24, 2.45) is 0 Å². The van der Waals surface area contributed by atoms with Crippen LogP contribution in [0.15, 0.2) is 24.3 Å². The van der Waals surface area contributed by atoms with Gasteiger partial charge in [-0.2, -0.15) is 0 Å². The number of halogens is 2. The van der Waals surface area contributed by atoms with E-state index in [1.165, 1.54) is 12.1 Å². The van der Waals surface area contributed by atoms with Crippen LogP contribution in [-0.2, 0) is 4.74 Å². The van der Waals surface area contributed by atoms with Crippen LogP contribution in [0.1, 0.15) is 11.7 Å². The van der Waals surface area contributed by atoms with Gasteiger partial charge in [-0.15, -0.1) is 12.4 Å². The maximum atomic E-state index is 12.6. The van der Waals surface area contributed by atoms with Gasteiger partial charge in [0.2, 0.25) is 0 Å². The highest BCUT2D eigenvalue weighted by molar-refractivity contribution is 5.85. The van der Waals surface area contributed by atoms with Gasteiger partial charge in [0.1, 0.15) is 5.82 Å². The van der Waals surface area contributed by atoms with E-state index >= 15 is 0 Å². The lowest BCUT2D eigenvalue weighted by atomic mass is 10.1. The number of rotatable bonds is 1. The second kappa shape index (κ2) is 5.29. The SMILES string of the molecule is Cl.Fc1ccc([C@@H]2CNCCO2)cc1. The van der Waals surface area contributed by atoms with Gasteiger partial charge in [-0.1, -0.05) is 12.1 Å². The molecule has 1 N–H and O–H groups in total. The van der Waals surface area contributed by atoms with Crippen molar-refractivity contribution >= 4 is 12.4 Å². The lowest BCUT2D eigenvalue weighted by molar-refractivity contribution is 0.0276. The van der Waals surface area contributed by atoms with Gasteiger partial charge >= 0.3 is 0 Å². The lowest BCUT2D eigenvalue weighted by Crippen LogP contribution is -2.33. The van der Waals surface area contributed by atoms with E-state index in [1.807, 2.05) is 0 Å². The van der Waals surface area contributed by atoms with Crippen LogP contribution < -0.4 is 5.32 Å². The molecule has 2 nitrogen and oxygen atoms in total. The minimum Gasteiger partial charge on any atom is -0.371 e. The van der Waals surface area contributed by atoms with Crippen molar-refractivity contribution in [3.8, 4) is 0 Å². The molecule has 14 heavy (non-hydrogen) atoms. The van der Waals surface area contributed by atoms with E-state index in [2.05, 4.69) is 5.32 Å². The monoisotopic (exact) mass is 217 g/mol. The maximum Gasteiger partial charge on any atom is 0.123 e. The fraction of sp³-hybridized carbons (Fsp3) is 0.400. The van der Waals surface area contributed by atoms with Crippen LogP contribution in [0.25, 0.3) is 0 Å². The summed E-state index contributed by atoms with van der Waals surface area (Å²) < 4.78 is 18.1. The summed E-state index contributed by atoms with van der Waals surface area (Å²) in [6.45, 7) is 2.44. The summed E-state index contributed by atoms with van der Waals surface area (Å²) in [6.07, 6.45) is 0.0781. The van der Waals surface area contributed by atoms with E-state index in [1.54, 1.807) is 12.1 Å². The Labute approximate surface area is 88.9 Å². The van der Waals surface area contributed by atoms with E-state index in [0.717, 1.165) is 25.3 Å². The predicted molar refractivity (Wildman–Crippen MR) is 55.2 cm³/mol. The number of hydrogen-bond donors (Lipinski definition) is 1. The number of nitrogens with one attached hydrogen (secondary N) is 1. The highest BCUT2D eigenvalue weighted by atomic mass is 35.5. The Morgan fingerprint density at radius 1 is 1.29 bits per heavy atom. The Balaban J connectivity index is 0.000000980. The minimum atomic E-state index is -0.201. The highest BCUT2D eigenvalue weighted by Gasteiger charge is 2.14. The smallest absolute Gasteiger partial charge is 0.123 e. The van der Waals surface area contributed by atoms with E-state index < -0.39 is 0 Å². The largest absolute Gasteiger partial charge is 0.371 e. The van der Waals surface area contributed by atoms with Gasteiger partial charge in [0.05, 0.1) is 12.7 Å². The van der Waals surface area contributed by atoms with E-state index in [0.29, 0.717) is 0 Å². The van der Waals surface area contributed by atoms with Crippen LogP contribution in [-0.4, -0.2) is 19.7 Å². The summed E-state index contributed by atoms with van der Waals surface area (Å²) in [5, 5.41) is 3.23. The standard InChI is InChI=1S/C10H12FNO.ClH/c11-9-3-1-8(2-4-9)10-7-12-5-6-13-10;/h1-4,10,12H,5-7H2;1H/t10-;/m0./s1. The normalized spacial score (nSPS) is 21.4. The van der Waals surface area contributed by atoms with E-state index in [-0.39, 0.29) is 24.3 Å². The average molecular weight is 218 g/mol. The fourth-order valence-electron chi connectivity index (χ4n) is 1.46. The van der Waals surface area contributed by atoms with E-state index in [4.69, 9.17) is 4.74 Å². The number of benzene rings is 1. The quantitative estimate of drug-likeness (QED) is 0.776. The highest BCUT2D eigenvalue weighted by Crippen LogP contribution is 2.18. The third kappa shape index (κ3) is 2.67. The molecule has 0 bridgehead atoms. The third-order valence-electron chi connectivity index (χ3n) is 2.17. The molecule has 2 rings (SSSR count). The van der Waals surface area contributed by atoms with E-state index in [9.17, 15) is 4.39 Å². The van der Waals surface area contributed by atoms with Crippen molar-refractivity contribution in [1.82, 2.24) is 5.32 Å². The number of ether oxygens (including phenoxy) is 1. The third-order valence-corrected chi connectivity index (χ3v) is 2.17. The summed E-state index contributed by atoms with van der Waals surface area (Å²) in [5.74, 6) is -0.201. The van der Waals surface area contributed by atoms with Gasteiger partial charge in [-0.3, -0.25) is 0 Å². The summed E-state index contributed by atoms with van der Waals surface area (Å²) >= 11 is 0. The summed E-state index contributed by atoms with van der Waals surface area (Å²) in [7, 11) is 0. The average Bonchev–Trinajstić information content (AvgIpc) is 2.20. The molecule has 1 aromatic carbocycles. The van der Waals surface area contributed by atoms with Gasteiger partial charge in [0, 0.05) is 13.1 Å². The van der Waals surface area contributed by atoms with Gasteiger partial charge in [-0.25, -0.2) is 4.39 Å². The molecule has 1 aromatic rings. The predicted octanol–water partition coefficient (Wildman–Crippen LogP) is 1.91. The molecule has 0 saturated carbocycles. The molecule has 78 valence electrons. The Morgan fingerprint density at radius 2 is 2.00 bits per heavy atom. The van der Waals surface area contributed by atoms with Gasteiger partial charge in [0.25, 0.3) is 0 Å². The first-order valence-corrected chi connectivity index (χ1v) is 4.44. The number of hydrogen-bond acceptors (Lipinski definition) is 2. The van der Waals surface area contributed by atoms with Crippen LogP contribution in [0.4, 0.5) is 4.39 Å². The Kier molecular flexibility index (Phi) is 4.32. The first-order valence-electron chi connectivity index (χ1n) is 4.44. The number of morpholine rings is 1. The zero-order chi connectivity index (χ0) is 9.10. The molecule has 1 aliphatic rings. The molecule has 4 heteroatoms. The maximum absolute atomic E-state index is 12.6. The fourth-order valence-corrected chi connectivity index (χ4v) is 1.46. The molecular formula is C10H13ClFNO. The molecule has 1 atom stereocenters. The van der Waals surface area contributed by atoms with Crippen LogP contribution >= 0.6 is 12.4 Å². The molecule has 0 radical (unpaired) electrons. The molecule has 1 heterocycles. The molecule has 0 spiro atoms. The molecule has 0 amide bonds. The van der Waals surface area contributed by atoms with Gasteiger partial charge in [-0.05, 0) is 17.7 Å². The Bertz CT molecular complexity index is 272. The minimum absolute atomic E-state index is 0. The van der Waals surface area contributed by atoms with Crippen molar-refractivity contribution in [1.29, 1.82) is 0 Å². The van der Waals surface area contributed by atoms with Crippen LogP contribution in [0.3, 0.4) is 0 Å². The van der Waals surface area contributed by atoms with Crippen molar-refractivity contribution in [2.45, 2.75) is 6.10 Å². The lowest BCUT2D eigenvalue weighted by Gasteiger charge is -2.23. The second-order valence-electron chi connectivity index (χ2n) is 3.12. The Hall–Kier alpha value is -0.640. The van der Waals surface area contributed by atoms with Crippen molar-refractivity contribution in [3.05, 3.63) is 35.6 Å². The molecule has 1 aliphatic heterocycles. The van der Waals surface area contributed by atoms with Crippen LogP contribution in [0, 0.1) is 5.82 Å². The van der Waals surface area contributed by atoms with Crippen LogP contribution in [0.5, 0.6) is 0 Å². The van der Waals surface area contributed by atoms with Gasteiger partial charge < -0.3 is 10.1 Å². The molecule has 1 fully saturated rings. The molecule has 1 saturated heterocycles. The first kappa shape index (κ1) is 11.4. The summed E-state index contributed by atoms with van der Waals surface area (Å²) in [6, 6.07) is 6.47.